The Kier molecular flexibility index (Phi) is 7.64. The summed E-state index contributed by atoms with van der Waals surface area (Å²) >= 11 is 0. The summed E-state index contributed by atoms with van der Waals surface area (Å²) in [5.41, 5.74) is 17.7. The number of nitrogens with zero attached hydrogens (tertiary/aromatic N) is 2. The van der Waals surface area contributed by atoms with Crippen LogP contribution in [0.25, 0.3) is 77.1 Å². The zero-order chi connectivity index (χ0) is 44.5. The molecule has 0 saturated heterocycles. The quantitative estimate of drug-likeness (QED) is 0.167. The van der Waals surface area contributed by atoms with E-state index in [9.17, 15) is 0 Å². The highest BCUT2D eigenvalue weighted by molar-refractivity contribution is 6.12. The Hall–Kier alpha value is -9.06. The molecule has 5 nitrogen and oxygen atoms in total. The van der Waals surface area contributed by atoms with Crippen molar-refractivity contribution in [3.63, 3.8) is 0 Å². The van der Waals surface area contributed by atoms with E-state index in [-0.39, 0.29) is 0 Å². The lowest BCUT2D eigenvalue weighted by Gasteiger charge is -2.32. The first kappa shape index (κ1) is 37.2. The van der Waals surface area contributed by atoms with Crippen molar-refractivity contribution in [1.82, 2.24) is 0 Å². The molecule has 0 bridgehead atoms. The molecule has 3 aromatic heterocycles. The minimum atomic E-state index is -0.816. The van der Waals surface area contributed by atoms with Gasteiger partial charge in [-0.1, -0.05) is 152 Å². The summed E-state index contributed by atoms with van der Waals surface area (Å²) in [6.07, 6.45) is 0. The second-order valence-electron chi connectivity index (χ2n) is 17.9. The fraction of sp³-hybridized carbons (Fsp3) is 0.0159. The van der Waals surface area contributed by atoms with Gasteiger partial charge in [0.15, 0.2) is 11.2 Å². The maximum Gasteiger partial charge on any atom is 0.159 e. The molecule has 0 radical (unpaired) electrons. The van der Waals surface area contributed by atoms with Crippen molar-refractivity contribution in [2.24, 2.45) is 0 Å². The molecular formula is C63H38N2O3. The minimum Gasteiger partial charge on any atom is -0.459 e. The number of benzene rings is 10. The van der Waals surface area contributed by atoms with Crippen molar-refractivity contribution in [1.29, 1.82) is 0 Å². The van der Waals surface area contributed by atoms with Crippen LogP contribution in [0.5, 0.6) is 0 Å². The van der Waals surface area contributed by atoms with Gasteiger partial charge in [0.2, 0.25) is 0 Å². The SMILES string of the molecule is c1ccc(N(c2ccc3c(c2)C2(c4ccccc4-3)c3cc(N(c4ccccc4)c4cccc5c4oc4ccccc45)ccc3-c3c2oc2ccccc32)c2cccc3c2oc2ccccc23)cc1. The molecule has 15 rings (SSSR count). The monoisotopic (exact) mass is 870 g/mol. The predicted molar refractivity (Wildman–Crippen MR) is 276 cm³/mol. The average molecular weight is 871 g/mol. The topological polar surface area (TPSA) is 45.9 Å². The first-order chi connectivity index (χ1) is 33.7. The fourth-order valence-corrected chi connectivity index (χ4v) is 11.7. The lowest BCUT2D eigenvalue weighted by molar-refractivity contribution is 0.507. The summed E-state index contributed by atoms with van der Waals surface area (Å²) in [6, 6.07) is 82.2. The van der Waals surface area contributed by atoms with Crippen molar-refractivity contribution in [2.45, 2.75) is 5.41 Å². The van der Waals surface area contributed by atoms with Crippen molar-refractivity contribution >= 4 is 89.0 Å². The van der Waals surface area contributed by atoms with Gasteiger partial charge in [0.1, 0.15) is 27.9 Å². The fourth-order valence-electron chi connectivity index (χ4n) is 11.7. The Balaban J connectivity index is 1.02. The molecule has 1 atom stereocenters. The smallest absolute Gasteiger partial charge is 0.159 e. The third-order valence-corrected chi connectivity index (χ3v) is 14.4. The summed E-state index contributed by atoms with van der Waals surface area (Å²) in [5.74, 6) is 0.936. The van der Waals surface area contributed by atoms with Gasteiger partial charge in [-0.05, 0) is 112 Å². The summed E-state index contributed by atoms with van der Waals surface area (Å²) < 4.78 is 20.8. The number of para-hydroxylation sites is 7. The maximum absolute atomic E-state index is 7.31. The molecule has 0 saturated carbocycles. The lowest BCUT2D eigenvalue weighted by atomic mass is 9.73. The highest BCUT2D eigenvalue weighted by Gasteiger charge is 2.55. The van der Waals surface area contributed by atoms with E-state index in [0.717, 1.165) is 111 Å². The van der Waals surface area contributed by atoms with Crippen LogP contribution in [0.1, 0.15) is 22.5 Å². The van der Waals surface area contributed by atoms with Crippen LogP contribution in [0.3, 0.4) is 0 Å². The van der Waals surface area contributed by atoms with E-state index in [1.54, 1.807) is 0 Å². The first-order valence-electron chi connectivity index (χ1n) is 23.2. The first-order valence-corrected chi connectivity index (χ1v) is 23.2. The van der Waals surface area contributed by atoms with Gasteiger partial charge in [-0.3, -0.25) is 0 Å². The summed E-state index contributed by atoms with van der Waals surface area (Å²) in [5, 5.41) is 5.45. The van der Waals surface area contributed by atoms with Gasteiger partial charge in [0, 0.05) is 55.2 Å². The number of rotatable bonds is 6. The van der Waals surface area contributed by atoms with E-state index in [2.05, 4.69) is 228 Å². The van der Waals surface area contributed by atoms with Gasteiger partial charge in [0.25, 0.3) is 0 Å². The van der Waals surface area contributed by atoms with E-state index in [4.69, 9.17) is 13.3 Å². The molecule has 13 aromatic rings. The van der Waals surface area contributed by atoms with Gasteiger partial charge < -0.3 is 23.1 Å². The number of hydrogen-bond acceptors (Lipinski definition) is 5. The van der Waals surface area contributed by atoms with Crippen LogP contribution < -0.4 is 9.80 Å². The zero-order valence-corrected chi connectivity index (χ0v) is 36.6. The summed E-state index contributed by atoms with van der Waals surface area (Å²) in [7, 11) is 0. The Bertz CT molecular complexity index is 4180. The Morgan fingerprint density at radius 2 is 0.735 bits per heavy atom. The molecule has 1 spiro atoms. The van der Waals surface area contributed by atoms with Gasteiger partial charge in [-0.25, -0.2) is 0 Å². The molecular weight excluding hydrogens is 833 g/mol. The van der Waals surface area contributed by atoms with Crippen LogP contribution in [0.15, 0.2) is 244 Å². The van der Waals surface area contributed by atoms with Crippen LogP contribution in [0.2, 0.25) is 0 Å². The highest BCUT2D eigenvalue weighted by atomic mass is 16.3. The molecule has 0 aliphatic heterocycles. The summed E-state index contributed by atoms with van der Waals surface area (Å²) in [6.45, 7) is 0. The number of fused-ring (bicyclic) bond motifs is 18. The Morgan fingerprint density at radius 3 is 1.32 bits per heavy atom. The van der Waals surface area contributed by atoms with Crippen molar-refractivity contribution < 1.29 is 13.3 Å². The largest absolute Gasteiger partial charge is 0.459 e. The van der Waals surface area contributed by atoms with Crippen molar-refractivity contribution in [3.8, 4) is 22.3 Å². The molecule has 0 fully saturated rings. The predicted octanol–water partition coefficient (Wildman–Crippen LogP) is 17.5. The Labute approximate surface area is 390 Å². The molecule has 0 amide bonds. The molecule has 3 heterocycles. The van der Waals surface area contributed by atoms with E-state index in [1.165, 1.54) is 22.3 Å². The van der Waals surface area contributed by atoms with Crippen LogP contribution in [-0.4, -0.2) is 0 Å². The molecule has 68 heavy (non-hydrogen) atoms. The van der Waals surface area contributed by atoms with E-state index in [0.29, 0.717) is 0 Å². The lowest BCUT2D eigenvalue weighted by Crippen LogP contribution is -2.26. The molecule has 318 valence electrons. The van der Waals surface area contributed by atoms with Crippen LogP contribution >= 0.6 is 0 Å². The minimum absolute atomic E-state index is 0.816. The van der Waals surface area contributed by atoms with Gasteiger partial charge in [-0.2, -0.15) is 0 Å². The molecule has 5 heteroatoms. The Morgan fingerprint density at radius 1 is 0.294 bits per heavy atom. The van der Waals surface area contributed by atoms with Crippen LogP contribution in [0.4, 0.5) is 34.1 Å². The second kappa shape index (κ2) is 14.0. The molecule has 10 aromatic carbocycles. The van der Waals surface area contributed by atoms with Crippen LogP contribution in [0, 0.1) is 0 Å². The molecule has 1 unspecified atom stereocenters. The van der Waals surface area contributed by atoms with E-state index >= 15 is 0 Å². The molecule has 0 N–H and O–H groups in total. The standard InChI is InChI=1S/C63H38N2O3/c1-3-17-39(18-4-1)64(54-28-15-25-47-45-22-8-12-30-56(45)66-60(47)54)41-33-35-44-43-21-7-11-27-51(43)63(52(44)37-41)53-38-42(34-36-49(53)59-50-24-10-14-32-58(50)68-62(59)63)65(40-19-5-2-6-20-40)55-29-16-26-48-46-23-9-13-31-57(46)67-61(48)55/h1-38H. The van der Waals surface area contributed by atoms with E-state index < -0.39 is 5.41 Å². The third kappa shape index (κ3) is 4.99. The van der Waals surface area contributed by atoms with Crippen LogP contribution in [-0.2, 0) is 5.41 Å². The molecule has 2 aliphatic carbocycles. The highest BCUT2D eigenvalue weighted by Crippen LogP contribution is 2.66. The summed E-state index contributed by atoms with van der Waals surface area (Å²) in [4.78, 5) is 4.69. The normalized spacial score (nSPS) is 14.5. The van der Waals surface area contributed by atoms with Gasteiger partial charge >= 0.3 is 0 Å². The molecule has 2 aliphatic rings. The number of hydrogen-bond donors (Lipinski definition) is 0. The van der Waals surface area contributed by atoms with Crippen molar-refractivity contribution in [3.05, 3.63) is 253 Å². The average Bonchev–Trinajstić information content (AvgIpc) is 4.20. The number of anilines is 6. The van der Waals surface area contributed by atoms with Crippen molar-refractivity contribution in [2.75, 3.05) is 9.80 Å². The maximum atomic E-state index is 7.31. The van der Waals surface area contributed by atoms with Gasteiger partial charge in [-0.15, -0.1) is 0 Å². The second-order valence-corrected chi connectivity index (χ2v) is 17.9. The van der Waals surface area contributed by atoms with Gasteiger partial charge in [0.05, 0.1) is 11.4 Å². The third-order valence-electron chi connectivity index (χ3n) is 14.4. The van der Waals surface area contributed by atoms with E-state index in [1.807, 2.05) is 12.1 Å². The number of furan rings is 3. The zero-order valence-electron chi connectivity index (χ0n) is 36.6.